The second-order valence-electron chi connectivity index (χ2n) is 5.80. The summed E-state index contributed by atoms with van der Waals surface area (Å²) in [5, 5.41) is 6.08. The fourth-order valence-electron chi connectivity index (χ4n) is 1.62. The molecule has 0 saturated heterocycles. The average molecular weight is 264 g/mol. The minimum absolute atomic E-state index is 0.134. The van der Waals surface area contributed by atoms with Crippen LogP contribution in [0.25, 0.3) is 0 Å². The van der Waals surface area contributed by atoms with Crippen LogP contribution < -0.4 is 10.6 Å². The van der Waals surface area contributed by atoms with Crippen molar-refractivity contribution in [1.29, 1.82) is 0 Å². The molecule has 4 heteroatoms. The van der Waals surface area contributed by atoms with Gasteiger partial charge in [0.1, 0.15) is 5.60 Å². The van der Waals surface area contributed by atoms with Crippen LogP contribution in [0.1, 0.15) is 33.3 Å². The van der Waals surface area contributed by atoms with Gasteiger partial charge in [0.25, 0.3) is 0 Å². The van der Waals surface area contributed by atoms with Gasteiger partial charge in [-0.2, -0.15) is 0 Å². The lowest BCUT2D eigenvalue weighted by atomic mass is 10.2. The van der Waals surface area contributed by atoms with E-state index in [0.717, 1.165) is 5.69 Å². The first-order chi connectivity index (χ1) is 8.76. The Morgan fingerprint density at radius 1 is 1.37 bits per heavy atom. The van der Waals surface area contributed by atoms with E-state index in [9.17, 15) is 4.79 Å². The Morgan fingerprint density at radius 3 is 2.63 bits per heavy atom. The summed E-state index contributed by atoms with van der Waals surface area (Å²) in [5.41, 5.74) is 1.80. The predicted octanol–water partition coefficient (Wildman–Crippen LogP) is 3.32. The molecule has 106 valence electrons. The van der Waals surface area contributed by atoms with E-state index < -0.39 is 5.60 Å². The van der Waals surface area contributed by atoms with Gasteiger partial charge in [-0.3, -0.25) is 0 Å². The molecule has 0 radical (unpaired) electrons. The molecule has 19 heavy (non-hydrogen) atoms. The Morgan fingerprint density at radius 2 is 2.05 bits per heavy atom. The van der Waals surface area contributed by atoms with Gasteiger partial charge in [-0.25, -0.2) is 4.79 Å². The number of anilines is 1. The third-order valence-corrected chi connectivity index (χ3v) is 2.38. The minimum Gasteiger partial charge on any atom is -0.444 e. The normalized spacial score (nSPS) is 12.7. The zero-order chi connectivity index (χ0) is 14.5. The van der Waals surface area contributed by atoms with Crippen LogP contribution in [-0.4, -0.2) is 24.3 Å². The monoisotopic (exact) mass is 264 g/mol. The third kappa shape index (κ3) is 6.70. The Kier molecular flexibility index (Phi) is 5.21. The van der Waals surface area contributed by atoms with Crippen LogP contribution in [-0.2, 0) is 4.74 Å². The molecule has 0 bridgehead atoms. The van der Waals surface area contributed by atoms with Crippen LogP contribution in [0.15, 0.2) is 24.3 Å². The molecule has 0 saturated carbocycles. The van der Waals surface area contributed by atoms with Crippen molar-refractivity contribution < 1.29 is 9.53 Å². The molecule has 0 aliphatic heterocycles. The molecule has 2 N–H and O–H groups in total. The Labute approximate surface area is 115 Å². The maximum absolute atomic E-state index is 11.5. The number of aryl methyl sites for hydroxylation is 1. The Hall–Kier alpha value is -1.71. The number of nitrogens with one attached hydrogen (secondary N) is 2. The molecule has 0 fully saturated rings. The van der Waals surface area contributed by atoms with Gasteiger partial charge < -0.3 is 15.4 Å². The highest BCUT2D eigenvalue weighted by molar-refractivity contribution is 5.67. The third-order valence-electron chi connectivity index (χ3n) is 2.38. The summed E-state index contributed by atoms with van der Waals surface area (Å²) >= 11 is 0. The van der Waals surface area contributed by atoms with Gasteiger partial charge in [-0.05, 0) is 52.3 Å². The molecule has 0 aliphatic rings. The SMILES string of the molecule is Cc1cccc(NC(C)CNC(=O)OC(C)(C)C)c1. The number of ether oxygens (including phenoxy) is 1. The fourth-order valence-corrected chi connectivity index (χ4v) is 1.62. The average Bonchev–Trinajstić information content (AvgIpc) is 2.24. The van der Waals surface area contributed by atoms with Crippen LogP contribution in [0.4, 0.5) is 10.5 Å². The van der Waals surface area contributed by atoms with Crippen molar-refractivity contribution in [2.45, 2.75) is 46.3 Å². The van der Waals surface area contributed by atoms with Gasteiger partial charge in [0, 0.05) is 18.3 Å². The van der Waals surface area contributed by atoms with E-state index in [1.807, 2.05) is 39.8 Å². The zero-order valence-electron chi connectivity index (χ0n) is 12.4. The van der Waals surface area contributed by atoms with Crippen molar-refractivity contribution in [3.05, 3.63) is 29.8 Å². The molecular formula is C15H24N2O2. The van der Waals surface area contributed by atoms with Crippen molar-refractivity contribution in [2.75, 3.05) is 11.9 Å². The van der Waals surface area contributed by atoms with Crippen molar-refractivity contribution >= 4 is 11.8 Å². The molecule has 0 heterocycles. The molecule has 0 aliphatic carbocycles. The maximum atomic E-state index is 11.5. The molecular weight excluding hydrogens is 240 g/mol. The molecule has 1 atom stereocenters. The zero-order valence-corrected chi connectivity index (χ0v) is 12.4. The Balaban J connectivity index is 2.36. The van der Waals surface area contributed by atoms with Crippen LogP contribution >= 0.6 is 0 Å². The first kappa shape index (κ1) is 15.3. The number of alkyl carbamates (subject to hydrolysis) is 1. The largest absolute Gasteiger partial charge is 0.444 e. The van der Waals surface area contributed by atoms with Crippen LogP contribution in [0.3, 0.4) is 0 Å². The summed E-state index contributed by atoms with van der Waals surface area (Å²) in [6, 6.07) is 8.27. The van der Waals surface area contributed by atoms with E-state index in [1.54, 1.807) is 0 Å². The smallest absolute Gasteiger partial charge is 0.407 e. The van der Waals surface area contributed by atoms with Gasteiger partial charge in [-0.15, -0.1) is 0 Å². The van der Waals surface area contributed by atoms with E-state index in [2.05, 4.69) is 29.7 Å². The molecule has 1 rings (SSSR count). The van der Waals surface area contributed by atoms with Crippen molar-refractivity contribution in [3.63, 3.8) is 0 Å². The molecule has 1 aromatic carbocycles. The van der Waals surface area contributed by atoms with Gasteiger partial charge in [0.15, 0.2) is 0 Å². The van der Waals surface area contributed by atoms with Gasteiger partial charge in [0.2, 0.25) is 0 Å². The lowest BCUT2D eigenvalue weighted by Gasteiger charge is -2.21. The first-order valence-corrected chi connectivity index (χ1v) is 6.56. The summed E-state index contributed by atoms with van der Waals surface area (Å²) in [6.07, 6.45) is -0.384. The highest BCUT2D eigenvalue weighted by Crippen LogP contribution is 2.11. The summed E-state index contributed by atoms with van der Waals surface area (Å²) < 4.78 is 5.18. The highest BCUT2D eigenvalue weighted by atomic mass is 16.6. The van der Waals surface area contributed by atoms with Crippen molar-refractivity contribution in [2.24, 2.45) is 0 Å². The molecule has 0 spiro atoms. The van der Waals surface area contributed by atoms with Crippen molar-refractivity contribution in [1.82, 2.24) is 5.32 Å². The van der Waals surface area contributed by atoms with Crippen molar-refractivity contribution in [3.8, 4) is 0 Å². The number of benzene rings is 1. The first-order valence-electron chi connectivity index (χ1n) is 6.56. The maximum Gasteiger partial charge on any atom is 0.407 e. The lowest BCUT2D eigenvalue weighted by molar-refractivity contribution is 0.0526. The standard InChI is InChI=1S/C15H24N2O2/c1-11-7-6-8-13(9-11)17-12(2)10-16-14(18)19-15(3,4)5/h6-9,12,17H,10H2,1-5H3,(H,16,18). The summed E-state index contributed by atoms with van der Waals surface area (Å²) in [5.74, 6) is 0. The van der Waals surface area contributed by atoms with E-state index in [4.69, 9.17) is 4.74 Å². The summed E-state index contributed by atoms with van der Waals surface area (Å²) in [4.78, 5) is 11.5. The molecule has 1 amide bonds. The Bertz CT molecular complexity index is 424. The van der Waals surface area contributed by atoms with Gasteiger partial charge in [-0.1, -0.05) is 12.1 Å². The lowest BCUT2D eigenvalue weighted by Crippen LogP contribution is -2.38. The van der Waals surface area contributed by atoms with Crippen LogP contribution in [0.2, 0.25) is 0 Å². The van der Waals surface area contributed by atoms with E-state index in [-0.39, 0.29) is 12.1 Å². The summed E-state index contributed by atoms with van der Waals surface area (Å²) in [7, 11) is 0. The number of rotatable bonds is 4. The summed E-state index contributed by atoms with van der Waals surface area (Å²) in [6.45, 7) is 10.1. The van der Waals surface area contributed by atoms with E-state index in [0.29, 0.717) is 6.54 Å². The topological polar surface area (TPSA) is 50.4 Å². The number of carbonyl (C=O) groups is 1. The molecule has 1 aromatic rings. The van der Waals surface area contributed by atoms with E-state index >= 15 is 0 Å². The second kappa shape index (κ2) is 6.45. The minimum atomic E-state index is -0.461. The van der Waals surface area contributed by atoms with E-state index in [1.165, 1.54) is 5.56 Å². The molecule has 4 nitrogen and oxygen atoms in total. The number of hydrogen-bond donors (Lipinski definition) is 2. The fraction of sp³-hybridized carbons (Fsp3) is 0.533. The van der Waals surface area contributed by atoms with Crippen LogP contribution in [0, 0.1) is 6.92 Å². The quantitative estimate of drug-likeness (QED) is 0.877. The van der Waals surface area contributed by atoms with Crippen LogP contribution in [0.5, 0.6) is 0 Å². The number of amides is 1. The second-order valence-corrected chi connectivity index (χ2v) is 5.80. The van der Waals surface area contributed by atoms with Gasteiger partial charge in [0.05, 0.1) is 0 Å². The predicted molar refractivity (Wildman–Crippen MR) is 78.5 cm³/mol. The molecule has 0 aromatic heterocycles. The molecule has 1 unspecified atom stereocenters. The highest BCUT2D eigenvalue weighted by Gasteiger charge is 2.16. The number of hydrogen-bond acceptors (Lipinski definition) is 3. The van der Waals surface area contributed by atoms with Gasteiger partial charge >= 0.3 is 6.09 Å². The number of carbonyl (C=O) groups excluding carboxylic acids is 1.